The molecule has 20 heavy (non-hydrogen) atoms. The van der Waals surface area contributed by atoms with Gasteiger partial charge in [-0.2, -0.15) is 0 Å². The van der Waals surface area contributed by atoms with E-state index in [0.29, 0.717) is 24.8 Å². The standard InChI is InChI=1S/C14H25ClN4O/c1-4-5-6-12-18-11(13(15)19-12)9-16-7-8-17-14(20)10(2)3/h10,16H,4-9H2,1-3H3,(H,17,20)(H,18,19). The number of nitrogens with zero attached hydrogens (tertiary/aromatic N) is 1. The summed E-state index contributed by atoms with van der Waals surface area (Å²) in [6, 6.07) is 0. The molecule has 0 spiro atoms. The van der Waals surface area contributed by atoms with Crippen LogP contribution in [-0.4, -0.2) is 29.0 Å². The van der Waals surface area contributed by atoms with Gasteiger partial charge in [0.15, 0.2) is 5.15 Å². The van der Waals surface area contributed by atoms with Crippen molar-refractivity contribution in [2.24, 2.45) is 5.92 Å². The maximum Gasteiger partial charge on any atom is 0.222 e. The van der Waals surface area contributed by atoms with Gasteiger partial charge in [0.2, 0.25) is 5.91 Å². The average molecular weight is 301 g/mol. The molecule has 1 aromatic heterocycles. The van der Waals surface area contributed by atoms with Crippen molar-refractivity contribution in [1.29, 1.82) is 0 Å². The minimum atomic E-state index is 0.0261. The van der Waals surface area contributed by atoms with Crippen molar-refractivity contribution in [3.63, 3.8) is 0 Å². The fourth-order valence-electron chi connectivity index (χ4n) is 1.71. The SMILES string of the molecule is CCCCc1nc(Cl)c(CNCCNC(=O)C(C)C)[nH]1. The second-order valence-corrected chi connectivity index (χ2v) is 5.54. The van der Waals surface area contributed by atoms with E-state index in [1.165, 1.54) is 0 Å². The van der Waals surface area contributed by atoms with Crippen LogP contribution in [0.3, 0.4) is 0 Å². The summed E-state index contributed by atoms with van der Waals surface area (Å²) in [4.78, 5) is 18.9. The fourth-order valence-corrected chi connectivity index (χ4v) is 1.93. The first-order valence-corrected chi connectivity index (χ1v) is 7.64. The van der Waals surface area contributed by atoms with Crippen LogP contribution in [0.15, 0.2) is 0 Å². The second-order valence-electron chi connectivity index (χ2n) is 5.18. The summed E-state index contributed by atoms with van der Waals surface area (Å²) in [6.07, 6.45) is 3.18. The van der Waals surface area contributed by atoms with Gasteiger partial charge in [-0.1, -0.05) is 38.8 Å². The Hall–Kier alpha value is -1.07. The molecule has 0 saturated carbocycles. The van der Waals surface area contributed by atoms with Gasteiger partial charge in [-0.05, 0) is 6.42 Å². The molecule has 5 nitrogen and oxygen atoms in total. The highest BCUT2D eigenvalue weighted by Gasteiger charge is 2.08. The third-order valence-corrected chi connectivity index (χ3v) is 3.28. The van der Waals surface area contributed by atoms with Crippen LogP contribution in [0, 0.1) is 5.92 Å². The number of nitrogens with one attached hydrogen (secondary N) is 3. The van der Waals surface area contributed by atoms with Gasteiger partial charge in [-0.25, -0.2) is 4.98 Å². The predicted molar refractivity (Wildman–Crippen MR) is 81.8 cm³/mol. The Balaban J connectivity index is 2.24. The number of unbranched alkanes of at least 4 members (excludes halogenated alkanes) is 1. The molecule has 0 aliphatic carbocycles. The molecule has 0 aromatic carbocycles. The largest absolute Gasteiger partial charge is 0.355 e. The van der Waals surface area contributed by atoms with Crippen LogP contribution in [0.25, 0.3) is 0 Å². The Bertz CT molecular complexity index is 417. The van der Waals surface area contributed by atoms with Crippen LogP contribution in [0.5, 0.6) is 0 Å². The molecule has 0 atom stereocenters. The molecule has 3 N–H and O–H groups in total. The normalized spacial score (nSPS) is 11.1. The molecular formula is C14H25ClN4O. The van der Waals surface area contributed by atoms with Gasteiger partial charge in [0, 0.05) is 32.0 Å². The molecule has 0 radical (unpaired) electrons. The van der Waals surface area contributed by atoms with E-state index in [2.05, 4.69) is 27.5 Å². The van der Waals surface area contributed by atoms with Crippen molar-refractivity contribution in [3.05, 3.63) is 16.7 Å². The zero-order valence-corrected chi connectivity index (χ0v) is 13.3. The number of hydrogen-bond acceptors (Lipinski definition) is 3. The highest BCUT2D eigenvalue weighted by Crippen LogP contribution is 2.13. The van der Waals surface area contributed by atoms with Crippen molar-refractivity contribution < 1.29 is 4.79 Å². The van der Waals surface area contributed by atoms with E-state index in [4.69, 9.17) is 11.6 Å². The Morgan fingerprint density at radius 3 is 2.80 bits per heavy atom. The smallest absolute Gasteiger partial charge is 0.222 e. The lowest BCUT2D eigenvalue weighted by Gasteiger charge is -2.08. The summed E-state index contributed by atoms with van der Waals surface area (Å²) in [6.45, 7) is 7.87. The molecule has 1 rings (SSSR count). The van der Waals surface area contributed by atoms with Gasteiger partial charge in [0.1, 0.15) is 5.82 Å². The lowest BCUT2D eigenvalue weighted by atomic mass is 10.2. The summed E-state index contributed by atoms with van der Waals surface area (Å²) in [5.41, 5.74) is 0.910. The molecule has 1 aromatic rings. The van der Waals surface area contributed by atoms with Crippen molar-refractivity contribution >= 4 is 17.5 Å². The zero-order valence-electron chi connectivity index (χ0n) is 12.6. The van der Waals surface area contributed by atoms with Crippen LogP contribution in [0.1, 0.15) is 45.1 Å². The number of carbonyl (C=O) groups excluding carboxylic acids is 1. The lowest BCUT2D eigenvalue weighted by Crippen LogP contribution is -2.34. The highest BCUT2D eigenvalue weighted by molar-refractivity contribution is 6.30. The number of aryl methyl sites for hydroxylation is 1. The third kappa shape index (κ3) is 5.92. The molecule has 0 aliphatic rings. The zero-order chi connectivity index (χ0) is 15.0. The maximum atomic E-state index is 11.4. The first-order chi connectivity index (χ1) is 9.54. The number of aromatic nitrogens is 2. The van der Waals surface area contributed by atoms with Crippen LogP contribution < -0.4 is 10.6 Å². The number of rotatable bonds is 9. The van der Waals surface area contributed by atoms with Gasteiger partial charge in [0.05, 0.1) is 5.69 Å². The first-order valence-electron chi connectivity index (χ1n) is 7.26. The number of aromatic amines is 1. The molecule has 0 saturated heterocycles. The van der Waals surface area contributed by atoms with Gasteiger partial charge in [0.25, 0.3) is 0 Å². The predicted octanol–water partition coefficient (Wildman–Crippen LogP) is 2.27. The summed E-state index contributed by atoms with van der Waals surface area (Å²) < 4.78 is 0. The Morgan fingerprint density at radius 1 is 1.40 bits per heavy atom. The van der Waals surface area contributed by atoms with Gasteiger partial charge in [-0.3, -0.25) is 4.79 Å². The topological polar surface area (TPSA) is 69.8 Å². The molecular weight excluding hydrogens is 276 g/mol. The lowest BCUT2D eigenvalue weighted by molar-refractivity contribution is -0.123. The number of halogens is 1. The van der Waals surface area contributed by atoms with E-state index in [0.717, 1.165) is 30.8 Å². The van der Waals surface area contributed by atoms with Crippen LogP contribution in [0.2, 0.25) is 5.15 Å². The monoisotopic (exact) mass is 300 g/mol. The van der Waals surface area contributed by atoms with E-state index >= 15 is 0 Å². The number of amides is 1. The average Bonchev–Trinajstić information content (AvgIpc) is 2.76. The van der Waals surface area contributed by atoms with Crippen molar-refractivity contribution in [2.45, 2.75) is 46.6 Å². The minimum absolute atomic E-state index is 0.0261. The number of hydrogen-bond donors (Lipinski definition) is 3. The quantitative estimate of drug-likeness (QED) is 0.613. The Kier molecular flexibility index (Phi) is 7.62. The first kappa shape index (κ1) is 17.0. The number of carbonyl (C=O) groups is 1. The summed E-state index contributed by atoms with van der Waals surface area (Å²) in [5, 5.41) is 6.63. The van der Waals surface area contributed by atoms with E-state index in [1.807, 2.05) is 13.8 Å². The van der Waals surface area contributed by atoms with E-state index in [1.54, 1.807) is 0 Å². The molecule has 0 bridgehead atoms. The summed E-state index contributed by atoms with van der Waals surface area (Å²) >= 11 is 6.08. The van der Waals surface area contributed by atoms with Crippen LogP contribution >= 0.6 is 11.6 Å². The van der Waals surface area contributed by atoms with E-state index in [9.17, 15) is 4.79 Å². The van der Waals surface area contributed by atoms with Gasteiger partial charge < -0.3 is 15.6 Å². The summed E-state index contributed by atoms with van der Waals surface area (Å²) in [7, 11) is 0. The summed E-state index contributed by atoms with van der Waals surface area (Å²) in [5.74, 6) is 1.05. The Morgan fingerprint density at radius 2 is 2.15 bits per heavy atom. The molecule has 6 heteroatoms. The molecule has 1 amide bonds. The molecule has 0 fully saturated rings. The van der Waals surface area contributed by atoms with E-state index < -0.39 is 0 Å². The third-order valence-electron chi connectivity index (χ3n) is 2.97. The van der Waals surface area contributed by atoms with Crippen molar-refractivity contribution in [1.82, 2.24) is 20.6 Å². The molecule has 0 aliphatic heterocycles. The number of H-pyrrole nitrogens is 1. The maximum absolute atomic E-state index is 11.4. The fraction of sp³-hybridized carbons (Fsp3) is 0.714. The Labute approximate surface area is 125 Å². The van der Waals surface area contributed by atoms with Gasteiger partial charge >= 0.3 is 0 Å². The van der Waals surface area contributed by atoms with Crippen LogP contribution in [0.4, 0.5) is 0 Å². The molecule has 114 valence electrons. The minimum Gasteiger partial charge on any atom is -0.355 e. The van der Waals surface area contributed by atoms with E-state index in [-0.39, 0.29) is 11.8 Å². The number of imidazole rings is 1. The highest BCUT2D eigenvalue weighted by atomic mass is 35.5. The van der Waals surface area contributed by atoms with Crippen LogP contribution in [-0.2, 0) is 17.8 Å². The molecule has 1 heterocycles. The van der Waals surface area contributed by atoms with Gasteiger partial charge in [-0.15, -0.1) is 0 Å². The molecule has 0 unspecified atom stereocenters. The second kappa shape index (κ2) is 8.97. The van der Waals surface area contributed by atoms with Crippen molar-refractivity contribution in [2.75, 3.05) is 13.1 Å². The van der Waals surface area contributed by atoms with Crippen molar-refractivity contribution in [3.8, 4) is 0 Å².